The Hall–Kier alpha value is -1.52. The van der Waals surface area contributed by atoms with Gasteiger partial charge in [0.1, 0.15) is 12.4 Å². The van der Waals surface area contributed by atoms with Crippen LogP contribution in [-0.4, -0.2) is 11.6 Å². The first-order valence-electron chi connectivity index (χ1n) is 6.99. The second-order valence-electron chi connectivity index (χ2n) is 5.13. The molecule has 0 atom stereocenters. The van der Waals surface area contributed by atoms with Crippen molar-refractivity contribution in [3.63, 3.8) is 0 Å². The Balaban J connectivity index is 1.70. The summed E-state index contributed by atoms with van der Waals surface area (Å²) in [6, 6.07) is 5.70. The number of allylic oxidation sites excluding steroid dienone is 1. The fraction of sp³-hybridized carbons (Fsp3) is 0.312. The van der Waals surface area contributed by atoms with Gasteiger partial charge < -0.3 is 10.1 Å². The lowest BCUT2D eigenvalue weighted by atomic mass is 10.2. The number of hydrogen-bond donors (Lipinski definition) is 1. The van der Waals surface area contributed by atoms with E-state index in [-0.39, 0.29) is 0 Å². The molecule has 0 fully saturated rings. The second kappa shape index (κ2) is 6.50. The Bertz CT molecular complexity index is 652. The van der Waals surface area contributed by atoms with Gasteiger partial charge in [-0.25, -0.2) is 4.98 Å². The number of nitrogens with one attached hydrogen (secondary N) is 1. The highest BCUT2D eigenvalue weighted by Crippen LogP contribution is 2.32. The Labute approximate surface area is 133 Å². The number of thiazole rings is 1. The zero-order chi connectivity index (χ0) is 14.7. The van der Waals surface area contributed by atoms with Crippen molar-refractivity contribution >= 4 is 33.8 Å². The summed E-state index contributed by atoms with van der Waals surface area (Å²) in [6.07, 6.45) is 5.35. The molecule has 1 heterocycles. The van der Waals surface area contributed by atoms with Crippen molar-refractivity contribution in [2.45, 2.75) is 26.2 Å². The number of anilines is 2. The number of hydrogen-bond acceptors (Lipinski definition) is 4. The van der Waals surface area contributed by atoms with Crippen LogP contribution in [-0.2, 0) is 0 Å². The first-order chi connectivity index (χ1) is 10.2. The van der Waals surface area contributed by atoms with Crippen molar-refractivity contribution in [2.24, 2.45) is 0 Å². The molecule has 0 spiro atoms. The van der Waals surface area contributed by atoms with Crippen molar-refractivity contribution in [3.05, 3.63) is 45.9 Å². The van der Waals surface area contributed by atoms with Gasteiger partial charge in [-0.2, -0.15) is 0 Å². The molecule has 0 amide bonds. The normalized spacial score (nSPS) is 14.6. The number of nitrogens with zero attached hydrogens (tertiary/aromatic N) is 1. The summed E-state index contributed by atoms with van der Waals surface area (Å²) in [6.45, 7) is 2.82. The highest BCUT2D eigenvalue weighted by Gasteiger charge is 2.12. The van der Waals surface area contributed by atoms with E-state index in [1.165, 1.54) is 24.0 Å². The van der Waals surface area contributed by atoms with Gasteiger partial charge in [-0.05, 0) is 43.9 Å². The van der Waals surface area contributed by atoms with Crippen LogP contribution in [0, 0.1) is 0 Å². The average Bonchev–Trinajstić information content (AvgIpc) is 3.11. The first kappa shape index (κ1) is 14.4. The molecule has 1 N–H and O–H groups in total. The number of rotatable bonds is 5. The van der Waals surface area contributed by atoms with Gasteiger partial charge in [0.25, 0.3) is 0 Å². The van der Waals surface area contributed by atoms with E-state index in [2.05, 4.69) is 17.2 Å². The largest absolute Gasteiger partial charge is 0.488 e. The van der Waals surface area contributed by atoms with E-state index in [1.807, 2.05) is 23.6 Å². The summed E-state index contributed by atoms with van der Waals surface area (Å²) < 4.78 is 5.90. The number of aromatic nitrogens is 1. The molecule has 2 aromatic rings. The molecular formula is C16H17ClN2OS. The molecule has 0 saturated heterocycles. The monoisotopic (exact) mass is 320 g/mol. The Kier molecular flexibility index (Phi) is 4.46. The van der Waals surface area contributed by atoms with Gasteiger partial charge in [0, 0.05) is 23.3 Å². The highest BCUT2D eigenvalue weighted by atomic mass is 35.5. The molecule has 21 heavy (non-hydrogen) atoms. The summed E-state index contributed by atoms with van der Waals surface area (Å²) in [4.78, 5) is 4.21. The lowest BCUT2D eigenvalue weighted by molar-refractivity contribution is 0.348. The Morgan fingerprint density at radius 3 is 3.00 bits per heavy atom. The van der Waals surface area contributed by atoms with Crippen LogP contribution in [0.15, 0.2) is 40.9 Å². The lowest BCUT2D eigenvalue weighted by Gasteiger charge is -2.11. The van der Waals surface area contributed by atoms with E-state index in [9.17, 15) is 0 Å². The molecule has 1 aliphatic carbocycles. The molecule has 5 heteroatoms. The molecule has 1 aromatic heterocycles. The van der Waals surface area contributed by atoms with Gasteiger partial charge >= 0.3 is 0 Å². The summed E-state index contributed by atoms with van der Waals surface area (Å²) in [7, 11) is 0. The molecule has 3 nitrogen and oxygen atoms in total. The maximum atomic E-state index is 6.22. The van der Waals surface area contributed by atoms with Gasteiger partial charge in [-0.3, -0.25) is 0 Å². The maximum Gasteiger partial charge on any atom is 0.187 e. The van der Waals surface area contributed by atoms with Crippen LogP contribution in [0.5, 0.6) is 5.75 Å². The SMILES string of the molecule is CC1=C(COc2cc(Nc3nccs3)ccc2Cl)CCC1. The van der Waals surface area contributed by atoms with E-state index >= 15 is 0 Å². The van der Waals surface area contributed by atoms with Crippen molar-refractivity contribution in [1.29, 1.82) is 0 Å². The molecular weight excluding hydrogens is 304 g/mol. The smallest absolute Gasteiger partial charge is 0.187 e. The van der Waals surface area contributed by atoms with Crippen LogP contribution in [0.3, 0.4) is 0 Å². The van der Waals surface area contributed by atoms with Crippen molar-refractivity contribution in [2.75, 3.05) is 11.9 Å². The van der Waals surface area contributed by atoms with Crippen LogP contribution in [0.1, 0.15) is 26.2 Å². The van der Waals surface area contributed by atoms with E-state index in [1.54, 1.807) is 17.5 Å². The second-order valence-corrected chi connectivity index (χ2v) is 6.44. The predicted molar refractivity (Wildman–Crippen MR) is 88.9 cm³/mol. The van der Waals surface area contributed by atoms with E-state index in [0.29, 0.717) is 17.4 Å². The molecule has 3 rings (SSSR count). The van der Waals surface area contributed by atoms with E-state index in [0.717, 1.165) is 17.2 Å². The van der Waals surface area contributed by atoms with Crippen LogP contribution in [0.4, 0.5) is 10.8 Å². The standard InChI is InChI=1S/C16H17ClN2OS/c1-11-3-2-4-12(11)10-20-15-9-13(5-6-14(15)17)19-16-18-7-8-21-16/h5-9H,2-4,10H2,1H3,(H,18,19). The van der Waals surface area contributed by atoms with Crippen molar-refractivity contribution in [1.82, 2.24) is 4.98 Å². The minimum atomic E-state index is 0.631. The first-order valence-corrected chi connectivity index (χ1v) is 8.24. The van der Waals surface area contributed by atoms with Gasteiger partial charge in [-0.1, -0.05) is 17.2 Å². The minimum Gasteiger partial charge on any atom is -0.488 e. The highest BCUT2D eigenvalue weighted by molar-refractivity contribution is 7.13. The minimum absolute atomic E-state index is 0.631. The van der Waals surface area contributed by atoms with Gasteiger partial charge in [0.05, 0.1) is 5.02 Å². The topological polar surface area (TPSA) is 34.1 Å². The quantitative estimate of drug-likeness (QED) is 0.747. The van der Waals surface area contributed by atoms with Gasteiger partial charge in [-0.15, -0.1) is 11.3 Å². The Morgan fingerprint density at radius 2 is 2.29 bits per heavy atom. The van der Waals surface area contributed by atoms with Crippen LogP contribution >= 0.6 is 22.9 Å². The fourth-order valence-electron chi connectivity index (χ4n) is 2.42. The summed E-state index contributed by atoms with van der Waals surface area (Å²) in [5.74, 6) is 0.713. The molecule has 0 unspecified atom stereocenters. The molecule has 0 radical (unpaired) electrons. The zero-order valence-electron chi connectivity index (χ0n) is 11.9. The molecule has 110 valence electrons. The van der Waals surface area contributed by atoms with E-state index in [4.69, 9.17) is 16.3 Å². The molecule has 0 saturated carbocycles. The fourth-order valence-corrected chi connectivity index (χ4v) is 3.14. The predicted octanol–water partition coefficient (Wildman–Crippen LogP) is 5.42. The lowest BCUT2D eigenvalue weighted by Crippen LogP contribution is -2.01. The summed E-state index contributed by atoms with van der Waals surface area (Å²) >= 11 is 7.78. The van der Waals surface area contributed by atoms with Crippen molar-refractivity contribution < 1.29 is 4.74 Å². The van der Waals surface area contributed by atoms with E-state index < -0.39 is 0 Å². The van der Waals surface area contributed by atoms with Crippen LogP contribution in [0.2, 0.25) is 5.02 Å². The third-order valence-electron chi connectivity index (χ3n) is 3.65. The molecule has 1 aliphatic rings. The number of ether oxygens (including phenoxy) is 1. The number of halogens is 1. The Morgan fingerprint density at radius 1 is 1.38 bits per heavy atom. The third kappa shape index (κ3) is 3.57. The number of benzene rings is 1. The maximum absolute atomic E-state index is 6.22. The third-order valence-corrected chi connectivity index (χ3v) is 4.65. The molecule has 1 aromatic carbocycles. The van der Waals surface area contributed by atoms with Gasteiger partial charge in [0.2, 0.25) is 0 Å². The van der Waals surface area contributed by atoms with Gasteiger partial charge in [0.15, 0.2) is 5.13 Å². The zero-order valence-corrected chi connectivity index (χ0v) is 13.4. The summed E-state index contributed by atoms with van der Waals surface area (Å²) in [5.41, 5.74) is 3.80. The summed E-state index contributed by atoms with van der Waals surface area (Å²) in [5, 5.41) is 6.67. The molecule has 0 aliphatic heterocycles. The van der Waals surface area contributed by atoms with Crippen molar-refractivity contribution in [3.8, 4) is 5.75 Å². The van der Waals surface area contributed by atoms with Crippen LogP contribution in [0.25, 0.3) is 0 Å². The molecule has 0 bridgehead atoms. The average molecular weight is 321 g/mol. The van der Waals surface area contributed by atoms with Crippen LogP contribution < -0.4 is 10.1 Å².